The average Bonchev–Trinajstić information content (AvgIpc) is 2.37. The maximum atomic E-state index is 12.1. The summed E-state index contributed by atoms with van der Waals surface area (Å²) < 4.78 is 40.9. The number of hydrogen-bond acceptors (Lipinski definition) is 7. The van der Waals surface area contributed by atoms with E-state index in [9.17, 15) is 38.7 Å². The number of halogens is 3. The summed E-state index contributed by atoms with van der Waals surface area (Å²) in [5.41, 5.74) is -1.94. The first-order valence-corrected chi connectivity index (χ1v) is 5.84. The number of nitrogens with one attached hydrogen (secondary N) is 1. The third-order valence-electron chi connectivity index (χ3n) is 3.43. The van der Waals surface area contributed by atoms with E-state index in [2.05, 4.69) is 10.1 Å². The minimum Gasteiger partial charge on any atom is -0.394 e. The van der Waals surface area contributed by atoms with Crippen LogP contribution in [0.3, 0.4) is 0 Å². The number of aliphatic hydroxyl groups excluding tert-OH is 5. The number of piperidine rings is 1. The zero-order valence-electron chi connectivity index (χ0n) is 10.6. The maximum Gasteiger partial charge on any atom is 0.411 e. The molecule has 0 saturated carbocycles. The molecular weight excluding hydrogens is 287 g/mol. The van der Waals surface area contributed by atoms with Gasteiger partial charge in [-0.3, -0.25) is 5.32 Å². The predicted octanol–water partition coefficient (Wildman–Crippen LogP) is -2.31. The minimum absolute atomic E-state index is 0.923. The van der Waals surface area contributed by atoms with Crippen molar-refractivity contribution in [1.29, 1.82) is 0 Å². The highest BCUT2D eigenvalue weighted by atomic mass is 19.4. The van der Waals surface area contributed by atoms with Gasteiger partial charge in [0, 0.05) is 0 Å². The fourth-order valence-corrected chi connectivity index (χ4v) is 2.12. The summed E-state index contributed by atoms with van der Waals surface area (Å²) in [7, 11) is 0. The van der Waals surface area contributed by atoms with Crippen LogP contribution in [-0.2, 0) is 4.74 Å². The van der Waals surface area contributed by atoms with Crippen LogP contribution in [0.1, 0.15) is 6.92 Å². The lowest BCUT2D eigenvalue weighted by Crippen LogP contribution is -2.77. The summed E-state index contributed by atoms with van der Waals surface area (Å²) in [6.45, 7) is -1.41. The third-order valence-corrected chi connectivity index (χ3v) is 3.43. The van der Waals surface area contributed by atoms with Gasteiger partial charge in [0.25, 0.3) is 0 Å². The molecule has 0 aromatic rings. The monoisotopic (exact) mass is 305 g/mol. The van der Waals surface area contributed by atoms with E-state index in [-0.39, 0.29) is 0 Å². The molecule has 0 radical (unpaired) electrons. The Kier molecular flexibility index (Phi) is 5.35. The number of rotatable bonds is 4. The van der Waals surface area contributed by atoms with Crippen LogP contribution in [0.15, 0.2) is 0 Å². The SMILES string of the molecule is CC(OCC(F)(F)F)[C@]1(CO)NC(O)[C@H](O)[C@@H](O)[C@@H]1O. The van der Waals surface area contributed by atoms with Crippen LogP contribution in [0.25, 0.3) is 0 Å². The van der Waals surface area contributed by atoms with Crippen LogP contribution < -0.4 is 5.32 Å². The Morgan fingerprint density at radius 3 is 2.20 bits per heavy atom. The molecule has 0 bridgehead atoms. The molecule has 1 aliphatic rings. The predicted molar refractivity (Wildman–Crippen MR) is 58.4 cm³/mol. The van der Waals surface area contributed by atoms with Crippen molar-refractivity contribution in [3.05, 3.63) is 0 Å². The summed E-state index contributed by atoms with van der Waals surface area (Å²) in [6, 6.07) is 0. The van der Waals surface area contributed by atoms with Gasteiger partial charge < -0.3 is 30.3 Å². The van der Waals surface area contributed by atoms with Crippen LogP contribution in [-0.4, -0.2) is 81.1 Å². The van der Waals surface area contributed by atoms with E-state index in [0.717, 1.165) is 6.92 Å². The Morgan fingerprint density at radius 1 is 1.20 bits per heavy atom. The summed E-state index contributed by atoms with van der Waals surface area (Å²) >= 11 is 0. The van der Waals surface area contributed by atoms with E-state index in [1.54, 1.807) is 0 Å². The van der Waals surface area contributed by atoms with Crippen molar-refractivity contribution in [1.82, 2.24) is 5.32 Å². The molecule has 1 fully saturated rings. The molecule has 1 heterocycles. The van der Waals surface area contributed by atoms with Crippen molar-refractivity contribution < 1.29 is 43.4 Å². The van der Waals surface area contributed by atoms with Gasteiger partial charge >= 0.3 is 6.18 Å². The fraction of sp³-hybridized carbons (Fsp3) is 1.00. The lowest BCUT2D eigenvalue weighted by atomic mass is 9.79. The Bertz CT molecular complexity index is 331. The van der Waals surface area contributed by atoms with Gasteiger partial charge in [-0.2, -0.15) is 13.2 Å². The van der Waals surface area contributed by atoms with Gasteiger partial charge in [0.2, 0.25) is 0 Å². The Morgan fingerprint density at radius 2 is 1.75 bits per heavy atom. The van der Waals surface area contributed by atoms with Gasteiger partial charge in [0.05, 0.1) is 18.2 Å². The lowest BCUT2D eigenvalue weighted by Gasteiger charge is -2.50. The van der Waals surface area contributed by atoms with Crippen molar-refractivity contribution in [2.24, 2.45) is 0 Å². The Hall–Kier alpha value is -0.490. The molecule has 0 aromatic carbocycles. The largest absolute Gasteiger partial charge is 0.411 e. The van der Waals surface area contributed by atoms with Gasteiger partial charge in [-0.15, -0.1) is 0 Å². The first kappa shape index (κ1) is 17.6. The maximum absolute atomic E-state index is 12.1. The van der Waals surface area contributed by atoms with Crippen LogP contribution in [0.5, 0.6) is 0 Å². The Labute approximate surface area is 112 Å². The van der Waals surface area contributed by atoms with Crippen molar-refractivity contribution in [2.45, 2.75) is 49.3 Å². The normalized spacial score (nSPS) is 40.6. The molecule has 120 valence electrons. The molecule has 20 heavy (non-hydrogen) atoms. The van der Waals surface area contributed by atoms with Crippen LogP contribution >= 0.6 is 0 Å². The fourth-order valence-electron chi connectivity index (χ4n) is 2.12. The molecule has 0 aromatic heterocycles. The molecule has 1 aliphatic heterocycles. The second-order valence-corrected chi connectivity index (χ2v) is 4.78. The minimum atomic E-state index is -4.61. The number of alkyl halides is 3. The van der Waals surface area contributed by atoms with E-state index in [4.69, 9.17) is 0 Å². The summed E-state index contributed by atoms with van der Waals surface area (Å²) in [5, 5.41) is 49.8. The number of aliphatic hydroxyl groups is 5. The number of ether oxygens (including phenoxy) is 1. The van der Waals surface area contributed by atoms with E-state index in [1.807, 2.05) is 0 Å². The van der Waals surface area contributed by atoms with Crippen molar-refractivity contribution in [2.75, 3.05) is 13.2 Å². The topological polar surface area (TPSA) is 122 Å². The smallest absolute Gasteiger partial charge is 0.394 e. The summed E-state index contributed by atoms with van der Waals surface area (Å²) in [6.07, 6.45) is -13.2. The van der Waals surface area contributed by atoms with Crippen LogP contribution in [0.2, 0.25) is 0 Å². The molecule has 7 nitrogen and oxygen atoms in total. The van der Waals surface area contributed by atoms with E-state index < -0.39 is 55.6 Å². The third kappa shape index (κ3) is 3.39. The molecule has 10 heteroatoms. The first-order chi connectivity index (χ1) is 9.05. The molecule has 1 saturated heterocycles. The summed E-state index contributed by atoms with van der Waals surface area (Å²) in [4.78, 5) is 0. The van der Waals surface area contributed by atoms with Gasteiger partial charge in [-0.1, -0.05) is 0 Å². The van der Waals surface area contributed by atoms with E-state index in [1.165, 1.54) is 0 Å². The molecule has 6 N–H and O–H groups in total. The van der Waals surface area contributed by atoms with Crippen LogP contribution in [0, 0.1) is 0 Å². The zero-order chi connectivity index (χ0) is 15.7. The molecule has 6 atom stereocenters. The van der Waals surface area contributed by atoms with Crippen molar-refractivity contribution in [3.63, 3.8) is 0 Å². The van der Waals surface area contributed by atoms with Gasteiger partial charge in [0.15, 0.2) is 0 Å². The summed E-state index contributed by atoms with van der Waals surface area (Å²) in [5.74, 6) is 0. The second kappa shape index (κ2) is 6.10. The molecular formula is C10H18F3NO6. The van der Waals surface area contributed by atoms with Gasteiger partial charge in [0.1, 0.15) is 31.1 Å². The second-order valence-electron chi connectivity index (χ2n) is 4.78. The van der Waals surface area contributed by atoms with Gasteiger partial charge in [-0.25, -0.2) is 0 Å². The highest BCUT2D eigenvalue weighted by molar-refractivity contribution is 5.09. The first-order valence-electron chi connectivity index (χ1n) is 5.84. The molecule has 1 rings (SSSR count). The van der Waals surface area contributed by atoms with Crippen molar-refractivity contribution >= 4 is 0 Å². The highest BCUT2D eigenvalue weighted by Gasteiger charge is 2.55. The molecule has 0 spiro atoms. The van der Waals surface area contributed by atoms with Crippen molar-refractivity contribution in [3.8, 4) is 0 Å². The van der Waals surface area contributed by atoms with E-state index in [0.29, 0.717) is 0 Å². The average molecular weight is 305 g/mol. The highest BCUT2D eigenvalue weighted by Crippen LogP contribution is 2.29. The molecule has 0 aliphatic carbocycles. The molecule has 0 amide bonds. The van der Waals surface area contributed by atoms with Crippen LogP contribution in [0.4, 0.5) is 13.2 Å². The lowest BCUT2D eigenvalue weighted by molar-refractivity contribution is -0.234. The molecule has 2 unspecified atom stereocenters. The zero-order valence-corrected chi connectivity index (χ0v) is 10.6. The number of hydrogen-bond donors (Lipinski definition) is 6. The quantitative estimate of drug-likeness (QED) is 0.345. The standard InChI is InChI=1S/C10H18F3NO6/c1-4(20-3-10(11,12)13)9(2-15)7(18)5(16)6(17)8(19)14-9/h4-8,14-19H,2-3H2,1H3/t4?,5-,6-,7+,8?,9+/m1/s1. The van der Waals surface area contributed by atoms with E-state index >= 15 is 0 Å². The van der Waals surface area contributed by atoms with Gasteiger partial charge in [-0.05, 0) is 6.92 Å². The Balaban J connectivity index is 2.89.